The van der Waals surface area contributed by atoms with Crippen molar-refractivity contribution in [1.82, 2.24) is 9.78 Å². The molecule has 0 aliphatic heterocycles. The van der Waals surface area contributed by atoms with Gasteiger partial charge in [0, 0.05) is 13.1 Å². The molecule has 2 aromatic heterocycles. The molecule has 8 nitrogen and oxygen atoms in total. The van der Waals surface area contributed by atoms with E-state index in [1.54, 1.807) is 42.9 Å². The zero-order valence-corrected chi connectivity index (χ0v) is 15.4. The van der Waals surface area contributed by atoms with Crippen LogP contribution in [0.4, 0.5) is 5.69 Å². The van der Waals surface area contributed by atoms with Crippen LogP contribution >= 0.6 is 0 Å². The molecule has 3 rings (SSSR count). The lowest BCUT2D eigenvalue weighted by atomic mass is 10.2. The maximum atomic E-state index is 12.4. The first-order valence-electron chi connectivity index (χ1n) is 8.33. The standard InChI is InChI=1S/C19H19N3O5/c1-10-17(11(2)22(4)21-10)20-18(24)12(3)26-19(25)16-9-14(23)13-7-5-6-8-15(13)27-16/h5-9,12H,1-4H3,(H,20,24). The Labute approximate surface area is 154 Å². The Bertz CT molecular complexity index is 1100. The molecule has 1 N–H and O–H groups in total. The van der Waals surface area contributed by atoms with Gasteiger partial charge in [-0.15, -0.1) is 0 Å². The van der Waals surface area contributed by atoms with Crippen LogP contribution < -0.4 is 10.7 Å². The number of anilines is 1. The molecule has 0 spiro atoms. The Morgan fingerprint density at radius 3 is 2.63 bits per heavy atom. The van der Waals surface area contributed by atoms with Gasteiger partial charge in [-0.1, -0.05) is 12.1 Å². The van der Waals surface area contributed by atoms with E-state index in [1.165, 1.54) is 6.92 Å². The molecule has 0 saturated carbocycles. The molecule has 1 unspecified atom stereocenters. The molecular formula is C19H19N3O5. The summed E-state index contributed by atoms with van der Waals surface area (Å²) in [7, 11) is 1.77. The van der Waals surface area contributed by atoms with Crippen LogP contribution in [-0.2, 0) is 16.6 Å². The minimum absolute atomic E-state index is 0.257. The molecule has 0 fully saturated rings. The van der Waals surface area contributed by atoms with Crippen LogP contribution in [0.1, 0.15) is 28.9 Å². The maximum absolute atomic E-state index is 12.4. The van der Waals surface area contributed by atoms with E-state index in [9.17, 15) is 14.4 Å². The summed E-state index contributed by atoms with van der Waals surface area (Å²) in [5.74, 6) is -1.65. The number of ether oxygens (including phenoxy) is 1. The molecule has 0 aliphatic rings. The highest BCUT2D eigenvalue weighted by molar-refractivity contribution is 5.97. The van der Waals surface area contributed by atoms with Crippen molar-refractivity contribution in [3.05, 3.63) is 57.7 Å². The molecule has 3 aromatic rings. The fourth-order valence-electron chi connectivity index (χ4n) is 2.66. The third kappa shape index (κ3) is 3.59. The zero-order chi connectivity index (χ0) is 19.7. The number of amides is 1. The summed E-state index contributed by atoms with van der Waals surface area (Å²) in [6.45, 7) is 5.02. The van der Waals surface area contributed by atoms with Crippen LogP contribution in [0.25, 0.3) is 11.0 Å². The van der Waals surface area contributed by atoms with E-state index in [0.717, 1.165) is 11.8 Å². The Balaban J connectivity index is 1.75. The number of hydrogen-bond donors (Lipinski definition) is 1. The second kappa shape index (κ2) is 7.06. The van der Waals surface area contributed by atoms with Crippen molar-refractivity contribution in [3.8, 4) is 0 Å². The number of aryl methyl sites for hydroxylation is 2. The van der Waals surface area contributed by atoms with Crippen molar-refractivity contribution in [2.45, 2.75) is 26.9 Å². The molecular weight excluding hydrogens is 350 g/mol. The molecule has 1 atom stereocenters. The number of benzene rings is 1. The van der Waals surface area contributed by atoms with Gasteiger partial charge in [0.1, 0.15) is 5.58 Å². The number of fused-ring (bicyclic) bond motifs is 1. The molecule has 0 bridgehead atoms. The summed E-state index contributed by atoms with van der Waals surface area (Å²) in [5.41, 5.74) is 1.92. The summed E-state index contributed by atoms with van der Waals surface area (Å²) < 4.78 is 12.2. The lowest BCUT2D eigenvalue weighted by Gasteiger charge is -2.13. The fraction of sp³-hybridized carbons (Fsp3) is 0.263. The first-order chi connectivity index (χ1) is 12.8. The normalized spacial score (nSPS) is 12.0. The van der Waals surface area contributed by atoms with Gasteiger partial charge < -0.3 is 14.5 Å². The van der Waals surface area contributed by atoms with E-state index in [4.69, 9.17) is 9.15 Å². The van der Waals surface area contributed by atoms with E-state index >= 15 is 0 Å². The highest BCUT2D eigenvalue weighted by atomic mass is 16.6. The van der Waals surface area contributed by atoms with Crippen LogP contribution in [0, 0.1) is 13.8 Å². The first kappa shape index (κ1) is 18.4. The lowest BCUT2D eigenvalue weighted by molar-refractivity contribution is -0.123. The van der Waals surface area contributed by atoms with Gasteiger partial charge in [0.15, 0.2) is 11.5 Å². The number of rotatable bonds is 4. The Hall–Kier alpha value is -3.42. The minimum Gasteiger partial charge on any atom is -0.449 e. The third-order valence-corrected chi connectivity index (χ3v) is 4.25. The smallest absolute Gasteiger partial charge is 0.375 e. The van der Waals surface area contributed by atoms with E-state index in [0.29, 0.717) is 16.8 Å². The highest BCUT2D eigenvalue weighted by Gasteiger charge is 2.23. The SMILES string of the molecule is Cc1nn(C)c(C)c1NC(=O)C(C)OC(=O)c1cc(=O)c2ccccc2o1. The van der Waals surface area contributed by atoms with Crippen molar-refractivity contribution in [2.75, 3.05) is 5.32 Å². The quantitative estimate of drug-likeness (QED) is 0.708. The van der Waals surface area contributed by atoms with Crippen LogP contribution in [0.3, 0.4) is 0 Å². The number of carbonyl (C=O) groups is 2. The van der Waals surface area contributed by atoms with Gasteiger partial charge in [-0.25, -0.2) is 4.79 Å². The maximum Gasteiger partial charge on any atom is 0.375 e. The monoisotopic (exact) mass is 369 g/mol. The average molecular weight is 369 g/mol. The average Bonchev–Trinajstić information content (AvgIpc) is 2.87. The van der Waals surface area contributed by atoms with Crippen molar-refractivity contribution in [3.63, 3.8) is 0 Å². The van der Waals surface area contributed by atoms with Gasteiger partial charge in [-0.3, -0.25) is 14.3 Å². The van der Waals surface area contributed by atoms with E-state index in [1.807, 2.05) is 6.92 Å². The van der Waals surface area contributed by atoms with Crippen molar-refractivity contribution >= 4 is 28.5 Å². The number of hydrogen-bond acceptors (Lipinski definition) is 6. The van der Waals surface area contributed by atoms with Gasteiger partial charge in [-0.2, -0.15) is 5.10 Å². The van der Waals surface area contributed by atoms with Crippen molar-refractivity contribution < 1.29 is 18.7 Å². The number of nitrogens with one attached hydrogen (secondary N) is 1. The zero-order valence-electron chi connectivity index (χ0n) is 15.4. The van der Waals surface area contributed by atoms with Gasteiger partial charge in [0.05, 0.1) is 22.5 Å². The molecule has 8 heteroatoms. The highest BCUT2D eigenvalue weighted by Crippen LogP contribution is 2.19. The van der Waals surface area contributed by atoms with Gasteiger partial charge in [-0.05, 0) is 32.9 Å². The van der Waals surface area contributed by atoms with Crippen LogP contribution in [-0.4, -0.2) is 27.8 Å². The number of para-hydroxylation sites is 1. The molecule has 0 saturated heterocycles. The van der Waals surface area contributed by atoms with Crippen molar-refractivity contribution in [2.24, 2.45) is 7.05 Å². The number of esters is 1. The molecule has 0 radical (unpaired) electrons. The second-order valence-corrected chi connectivity index (χ2v) is 6.18. The van der Waals surface area contributed by atoms with E-state index in [-0.39, 0.29) is 16.8 Å². The fourth-order valence-corrected chi connectivity index (χ4v) is 2.66. The van der Waals surface area contributed by atoms with Gasteiger partial charge in [0.2, 0.25) is 5.76 Å². The first-order valence-corrected chi connectivity index (χ1v) is 8.33. The number of carbonyl (C=O) groups excluding carboxylic acids is 2. The summed E-state index contributed by atoms with van der Waals surface area (Å²) in [5, 5.41) is 7.28. The lowest BCUT2D eigenvalue weighted by Crippen LogP contribution is -2.30. The summed E-state index contributed by atoms with van der Waals surface area (Å²) >= 11 is 0. The van der Waals surface area contributed by atoms with Crippen LogP contribution in [0.2, 0.25) is 0 Å². The summed E-state index contributed by atoms with van der Waals surface area (Å²) in [6.07, 6.45) is -1.09. The van der Waals surface area contributed by atoms with Crippen LogP contribution in [0.5, 0.6) is 0 Å². The van der Waals surface area contributed by atoms with Crippen LogP contribution in [0.15, 0.2) is 39.5 Å². The summed E-state index contributed by atoms with van der Waals surface area (Å²) in [6, 6.07) is 7.63. The van der Waals surface area contributed by atoms with Crippen molar-refractivity contribution in [1.29, 1.82) is 0 Å². The minimum atomic E-state index is -1.09. The van der Waals surface area contributed by atoms with Gasteiger partial charge >= 0.3 is 5.97 Å². The predicted molar refractivity (Wildman–Crippen MR) is 98.7 cm³/mol. The van der Waals surface area contributed by atoms with Gasteiger partial charge in [0.25, 0.3) is 5.91 Å². The van der Waals surface area contributed by atoms with E-state index < -0.39 is 18.0 Å². The number of nitrogens with zero attached hydrogens (tertiary/aromatic N) is 2. The molecule has 27 heavy (non-hydrogen) atoms. The molecule has 1 amide bonds. The second-order valence-electron chi connectivity index (χ2n) is 6.18. The molecule has 2 heterocycles. The third-order valence-electron chi connectivity index (χ3n) is 4.25. The summed E-state index contributed by atoms with van der Waals surface area (Å²) in [4.78, 5) is 36.7. The molecule has 0 aliphatic carbocycles. The Morgan fingerprint density at radius 2 is 1.96 bits per heavy atom. The predicted octanol–water partition coefficient (Wildman–Crippen LogP) is 2.33. The Morgan fingerprint density at radius 1 is 1.26 bits per heavy atom. The molecule has 140 valence electrons. The topological polar surface area (TPSA) is 103 Å². The molecule has 1 aromatic carbocycles. The Kier molecular flexibility index (Phi) is 4.81. The van der Waals surface area contributed by atoms with E-state index in [2.05, 4.69) is 10.4 Å². The largest absolute Gasteiger partial charge is 0.449 e. The number of aromatic nitrogens is 2.